The summed E-state index contributed by atoms with van der Waals surface area (Å²) in [5.41, 5.74) is 12.0. The van der Waals surface area contributed by atoms with Crippen LogP contribution in [0, 0.1) is 0 Å². The first-order valence-electron chi connectivity index (χ1n) is 16.8. The number of nitrogens with zero attached hydrogens (tertiary/aromatic N) is 3. The van der Waals surface area contributed by atoms with Crippen molar-refractivity contribution >= 4 is 87.8 Å². The number of hydrogen-bond donors (Lipinski definition) is 0. The molecule has 0 fully saturated rings. The van der Waals surface area contributed by atoms with Crippen molar-refractivity contribution in [3.63, 3.8) is 0 Å². The lowest BCUT2D eigenvalue weighted by Crippen LogP contribution is -2.06. The van der Waals surface area contributed by atoms with Crippen molar-refractivity contribution < 1.29 is 0 Å². The van der Waals surface area contributed by atoms with E-state index in [1.54, 1.807) is 0 Å². The summed E-state index contributed by atoms with van der Waals surface area (Å²) in [7, 11) is 0. The van der Waals surface area contributed by atoms with Crippen LogP contribution >= 0.6 is 0 Å². The Morgan fingerprint density at radius 1 is 0.500 bits per heavy atom. The molecule has 4 heterocycles. The highest BCUT2D eigenvalue weighted by molar-refractivity contribution is 6.36. The summed E-state index contributed by atoms with van der Waals surface area (Å²) >= 11 is 0. The molecule has 3 aromatic heterocycles. The fourth-order valence-electron chi connectivity index (χ4n) is 8.50. The summed E-state index contributed by atoms with van der Waals surface area (Å²) in [6, 6.07) is 53.1. The predicted octanol–water partition coefficient (Wildman–Crippen LogP) is 11.9. The normalized spacial score (nSPS) is 13.9. The second-order valence-corrected chi connectivity index (χ2v) is 13.0. The van der Waals surface area contributed by atoms with Crippen LogP contribution in [0.1, 0.15) is 24.0 Å². The minimum Gasteiger partial charge on any atom is -0.308 e. The van der Waals surface area contributed by atoms with Gasteiger partial charge in [-0.1, -0.05) is 127 Å². The Morgan fingerprint density at radius 3 is 2.06 bits per heavy atom. The fourth-order valence-corrected chi connectivity index (χ4v) is 8.50. The molecule has 0 atom stereocenters. The fraction of sp³-hybridized carbons (Fsp3) is 0.0444. The Hall–Kier alpha value is -6.19. The van der Waals surface area contributed by atoms with Crippen molar-refractivity contribution in [2.75, 3.05) is 0 Å². The van der Waals surface area contributed by atoms with Gasteiger partial charge >= 0.3 is 0 Å². The Labute approximate surface area is 276 Å². The molecule has 0 saturated heterocycles. The third-order valence-electron chi connectivity index (χ3n) is 10.5. The lowest BCUT2D eigenvalue weighted by atomic mass is 9.99. The first kappa shape index (κ1) is 25.9. The smallest absolute Gasteiger partial charge is 0.0726 e. The summed E-state index contributed by atoms with van der Waals surface area (Å²) in [6.07, 6.45) is 4.22. The highest BCUT2D eigenvalue weighted by Gasteiger charge is 2.26. The second kappa shape index (κ2) is 9.66. The molecule has 0 N–H and O–H groups in total. The summed E-state index contributed by atoms with van der Waals surface area (Å²) in [5, 5.41) is 10.3. The van der Waals surface area contributed by atoms with Gasteiger partial charge in [0.15, 0.2) is 0 Å². The van der Waals surface area contributed by atoms with Gasteiger partial charge in [-0.05, 0) is 48.1 Å². The molecule has 0 saturated carbocycles. The zero-order chi connectivity index (χ0) is 31.3. The van der Waals surface area contributed by atoms with Gasteiger partial charge in [-0.25, -0.2) is 0 Å². The van der Waals surface area contributed by atoms with Gasteiger partial charge in [-0.3, -0.25) is 4.99 Å². The molecule has 0 bridgehead atoms. The van der Waals surface area contributed by atoms with Gasteiger partial charge < -0.3 is 8.97 Å². The average molecular weight is 612 g/mol. The molecule has 0 amide bonds. The molecular weight excluding hydrogens is 583 g/mol. The van der Waals surface area contributed by atoms with Crippen molar-refractivity contribution in [3.05, 3.63) is 163 Å². The molecule has 0 radical (unpaired) electrons. The van der Waals surface area contributed by atoms with E-state index in [1.807, 2.05) is 0 Å². The largest absolute Gasteiger partial charge is 0.308 e. The summed E-state index contributed by atoms with van der Waals surface area (Å²) in [6.45, 7) is 0. The Balaban J connectivity index is 1.33. The quantitative estimate of drug-likeness (QED) is 0.186. The molecule has 3 heteroatoms. The summed E-state index contributed by atoms with van der Waals surface area (Å²) in [4.78, 5) is 5.35. The summed E-state index contributed by atoms with van der Waals surface area (Å²) in [5.74, 6) is 0. The average Bonchev–Trinajstić information content (AvgIpc) is 3.77. The van der Waals surface area contributed by atoms with E-state index in [-0.39, 0.29) is 0 Å². The SMILES string of the molecule is C1=C(n2c3ccccc3c3cc4c5ccccc5n5c6c7ccccc7ccc6c(c32)c45)c2ccccc2N=C(c2ccccc2)CC1. The number of aliphatic imine (C=N–C) groups is 1. The molecule has 11 rings (SSSR count). The highest BCUT2D eigenvalue weighted by atomic mass is 15.0. The van der Waals surface area contributed by atoms with E-state index in [1.165, 1.54) is 81.9 Å². The zero-order valence-electron chi connectivity index (χ0n) is 26.2. The van der Waals surface area contributed by atoms with Crippen molar-refractivity contribution in [1.29, 1.82) is 0 Å². The van der Waals surface area contributed by atoms with E-state index in [9.17, 15) is 0 Å². The molecule has 48 heavy (non-hydrogen) atoms. The van der Waals surface area contributed by atoms with Crippen LogP contribution in [0.25, 0.3) is 76.4 Å². The van der Waals surface area contributed by atoms with Crippen molar-refractivity contribution in [2.45, 2.75) is 12.8 Å². The lowest BCUT2D eigenvalue weighted by Gasteiger charge is -2.19. The highest BCUT2D eigenvalue weighted by Crippen LogP contribution is 2.48. The Bertz CT molecular complexity index is 2990. The molecule has 0 spiro atoms. The molecular formula is C45H29N3. The molecule has 1 aliphatic rings. The van der Waals surface area contributed by atoms with E-state index in [2.05, 4.69) is 161 Å². The van der Waals surface area contributed by atoms with E-state index in [4.69, 9.17) is 4.99 Å². The first-order chi connectivity index (χ1) is 23.8. The number of fused-ring (bicyclic) bond motifs is 13. The number of aromatic nitrogens is 2. The molecule has 7 aromatic carbocycles. The molecule has 10 aromatic rings. The van der Waals surface area contributed by atoms with Gasteiger partial charge in [-0.15, -0.1) is 0 Å². The van der Waals surface area contributed by atoms with Crippen LogP contribution in [0.15, 0.2) is 157 Å². The van der Waals surface area contributed by atoms with Gasteiger partial charge in [0.05, 0.1) is 39.0 Å². The van der Waals surface area contributed by atoms with Gasteiger partial charge in [0.1, 0.15) is 0 Å². The van der Waals surface area contributed by atoms with E-state index in [0.717, 1.165) is 29.8 Å². The van der Waals surface area contributed by atoms with E-state index in [0.29, 0.717) is 0 Å². The minimum absolute atomic E-state index is 0.874. The molecule has 3 nitrogen and oxygen atoms in total. The Morgan fingerprint density at radius 2 is 1.19 bits per heavy atom. The Kier molecular flexibility index (Phi) is 5.22. The van der Waals surface area contributed by atoms with Crippen LogP contribution in [0.4, 0.5) is 5.69 Å². The van der Waals surface area contributed by atoms with Gasteiger partial charge in [0.25, 0.3) is 0 Å². The summed E-state index contributed by atoms with van der Waals surface area (Å²) < 4.78 is 5.09. The van der Waals surface area contributed by atoms with E-state index >= 15 is 0 Å². The number of para-hydroxylation sites is 3. The van der Waals surface area contributed by atoms with Crippen molar-refractivity contribution in [1.82, 2.24) is 8.97 Å². The monoisotopic (exact) mass is 611 g/mol. The maximum Gasteiger partial charge on any atom is 0.0726 e. The van der Waals surface area contributed by atoms with Crippen LogP contribution in [-0.2, 0) is 0 Å². The maximum atomic E-state index is 5.35. The molecule has 0 unspecified atom stereocenters. The molecule has 0 aliphatic carbocycles. The van der Waals surface area contributed by atoms with Crippen LogP contribution in [-0.4, -0.2) is 14.7 Å². The standard InChI is InChI=1S/C45H29N3/c1-2-14-29(15-3-1)37-21-12-24-41(33-19-6-9-20-38(33)46-37)47-39-22-10-7-17-31(39)35-27-36-32-18-8-11-23-40(32)48-43-30-16-5-4-13-28(30)25-26-34(43)42(44(35)47)45(36)48/h1-11,13-20,22-27H,12,21H2. The van der Waals surface area contributed by atoms with Gasteiger partial charge in [0, 0.05) is 49.0 Å². The number of benzene rings is 7. The second-order valence-electron chi connectivity index (χ2n) is 13.0. The maximum absolute atomic E-state index is 5.35. The van der Waals surface area contributed by atoms with Crippen LogP contribution in [0.2, 0.25) is 0 Å². The first-order valence-corrected chi connectivity index (χ1v) is 16.8. The van der Waals surface area contributed by atoms with Gasteiger partial charge in [0.2, 0.25) is 0 Å². The third-order valence-corrected chi connectivity index (χ3v) is 10.5. The van der Waals surface area contributed by atoms with Crippen LogP contribution in [0.5, 0.6) is 0 Å². The zero-order valence-corrected chi connectivity index (χ0v) is 26.2. The van der Waals surface area contributed by atoms with E-state index < -0.39 is 0 Å². The molecule has 1 aliphatic heterocycles. The topological polar surface area (TPSA) is 21.7 Å². The molecule has 224 valence electrons. The number of rotatable bonds is 2. The van der Waals surface area contributed by atoms with Crippen LogP contribution < -0.4 is 0 Å². The minimum atomic E-state index is 0.874. The van der Waals surface area contributed by atoms with Gasteiger partial charge in [-0.2, -0.15) is 0 Å². The van der Waals surface area contributed by atoms with Crippen molar-refractivity contribution in [2.24, 2.45) is 4.99 Å². The lowest BCUT2D eigenvalue weighted by molar-refractivity contribution is 1.06. The number of hydrogen-bond acceptors (Lipinski definition) is 1. The van der Waals surface area contributed by atoms with Crippen molar-refractivity contribution in [3.8, 4) is 0 Å². The predicted molar refractivity (Wildman–Crippen MR) is 203 cm³/mol. The third kappa shape index (κ3) is 3.40. The number of allylic oxidation sites excluding steroid dienone is 1. The van der Waals surface area contributed by atoms with Crippen LogP contribution in [0.3, 0.4) is 0 Å².